The van der Waals surface area contributed by atoms with E-state index in [0.29, 0.717) is 0 Å². The van der Waals surface area contributed by atoms with E-state index in [4.69, 9.17) is 30.2 Å². The Hall–Kier alpha value is -0.950. The highest BCUT2D eigenvalue weighted by Crippen LogP contribution is 2.17. The molecule has 21 heavy (non-hydrogen) atoms. The highest BCUT2D eigenvalue weighted by Gasteiger charge is 2.09. The summed E-state index contributed by atoms with van der Waals surface area (Å²) >= 11 is 6.23. The molecule has 1 aliphatic rings. The Morgan fingerprint density at radius 1 is 1.00 bits per heavy atom. The van der Waals surface area contributed by atoms with Crippen molar-refractivity contribution in [3.05, 3.63) is 42.0 Å². The van der Waals surface area contributed by atoms with Gasteiger partial charge in [0.2, 0.25) is 0 Å². The summed E-state index contributed by atoms with van der Waals surface area (Å²) in [6.07, 6.45) is 8.08. The van der Waals surface area contributed by atoms with Crippen LogP contribution in [0.25, 0.3) is 5.03 Å². The van der Waals surface area contributed by atoms with E-state index < -0.39 is 10.2 Å². The lowest BCUT2D eigenvalue weighted by Gasteiger charge is -2.17. The van der Waals surface area contributed by atoms with Gasteiger partial charge in [-0.3, -0.25) is 0 Å². The van der Waals surface area contributed by atoms with Gasteiger partial charge in [-0.25, -0.2) is 23.2 Å². The topological polar surface area (TPSA) is 95.2 Å². The Kier molecular flexibility index (Phi) is 7.88. The molecule has 0 unspecified atom stereocenters. The van der Waals surface area contributed by atoms with Crippen LogP contribution in [0.4, 0.5) is 0 Å². The second-order valence-electron chi connectivity index (χ2n) is 4.50. The lowest BCUT2D eigenvalue weighted by atomic mass is 10.1. The summed E-state index contributed by atoms with van der Waals surface area (Å²) in [4.78, 5) is 0. The van der Waals surface area contributed by atoms with Crippen molar-refractivity contribution in [2.24, 2.45) is 0 Å². The predicted octanol–water partition coefficient (Wildman–Crippen LogP) is -1.22. The molecule has 0 spiro atoms. The van der Waals surface area contributed by atoms with E-state index in [1.54, 1.807) is 0 Å². The molecular formula is C14H17Cl2NO4. The fourth-order valence-electron chi connectivity index (χ4n) is 1.93. The van der Waals surface area contributed by atoms with Crippen LogP contribution in [0.5, 0.6) is 0 Å². The molecule has 1 aromatic carbocycles. The lowest BCUT2D eigenvalue weighted by molar-refractivity contribution is -2.00. The van der Waals surface area contributed by atoms with Crippen LogP contribution in [-0.4, -0.2) is 23.9 Å². The molecule has 0 amide bonds. The zero-order valence-corrected chi connectivity index (χ0v) is 12.9. The molecule has 0 atom stereocenters. The van der Waals surface area contributed by atoms with Crippen molar-refractivity contribution in [2.75, 3.05) is 13.1 Å². The maximum absolute atomic E-state index is 8.49. The highest BCUT2D eigenvalue weighted by molar-refractivity contribution is 6.49. The summed E-state index contributed by atoms with van der Waals surface area (Å²) in [6, 6.07) is 10.1. The quantitative estimate of drug-likeness (QED) is 0.633. The predicted molar refractivity (Wildman–Crippen MR) is 70.2 cm³/mol. The molecule has 1 aromatic rings. The fourth-order valence-corrected chi connectivity index (χ4v) is 2.11. The molecule has 0 aromatic heterocycles. The van der Waals surface area contributed by atoms with Crippen LogP contribution in [-0.2, 0) is 0 Å². The largest absolute Gasteiger partial charge is 0.236 e. The van der Waals surface area contributed by atoms with E-state index >= 15 is 0 Å². The van der Waals surface area contributed by atoms with Crippen molar-refractivity contribution in [1.29, 1.82) is 0 Å². The van der Waals surface area contributed by atoms with Gasteiger partial charge in [-0.1, -0.05) is 41.9 Å². The maximum Gasteiger partial charge on any atom is 0.164 e. The Balaban J connectivity index is 0.000000383. The van der Waals surface area contributed by atoms with E-state index in [0.717, 1.165) is 23.7 Å². The third-order valence-corrected chi connectivity index (χ3v) is 3.22. The van der Waals surface area contributed by atoms with E-state index in [2.05, 4.69) is 10.8 Å². The minimum absolute atomic E-state index is 0.811. The third kappa shape index (κ3) is 9.57. The van der Waals surface area contributed by atoms with Gasteiger partial charge in [0.25, 0.3) is 0 Å². The van der Waals surface area contributed by atoms with E-state index in [9.17, 15) is 0 Å². The van der Waals surface area contributed by atoms with Crippen LogP contribution in [0.3, 0.4) is 0 Å². The molecule has 0 N–H and O–H groups in total. The summed E-state index contributed by atoms with van der Waals surface area (Å²) in [5.74, 6) is 0. The van der Waals surface area contributed by atoms with E-state index in [-0.39, 0.29) is 0 Å². The zero-order chi connectivity index (χ0) is 15.7. The third-order valence-electron chi connectivity index (χ3n) is 2.87. The monoisotopic (exact) mass is 333 g/mol. The molecular weight excluding hydrogens is 317 g/mol. The second-order valence-corrected chi connectivity index (χ2v) is 5.67. The standard InChI is InChI=1S/C14H17ClN.ClHO4/c15-14(13-7-3-1-4-8-13)9-12-16-10-5-2-6-11-16;2-1(3,4)5/h1,3-4,7-9,12H,2,5-6,10-11H2;(H,2,3,4,5)/q+1;/p-1/b14-9-;. The SMILES string of the molecule is Cl/C(=C\C=[N+]1CCCCC1)c1ccccc1.[O-][Cl+3]([O-])([O-])[O-]. The van der Waals surface area contributed by atoms with E-state index in [1.165, 1.54) is 19.3 Å². The smallest absolute Gasteiger partial charge is 0.164 e. The number of piperidine rings is 1. The van der Waals surface area contributed by atoms with Crippen LogP contribution in [0.2, 0.25) is 0 Å². The van der Waals surface area contributed by atoms with Crippen LogP contribution >= 0.6 is 11.6 Å². The molecule has 116 valence electrons. The van der Waals surface area contributed by atoms with Gasteiger partial charge in [0, 0.05) is 18.9 Å². The molecule has 1 fully saturated rings. The summed E-state index contributed by atoms with van der Waals surface area (Å²) < 4.78 is 36.3. The van der Waals surface area contributed by atoms with Gasteiger partial charge in [0.1, 0.15) is 13.1 Å². The van der Waals surface area contributed by atoms with Crippen molar-refractivity contribution in [3.8, 4) is 0 Å². The molecule has 2 rings (SSSR count). The van der Waals surface area contributed by atoms with Gasteiger partial charge in [-0.05, 0) is 12.0 Å². The molecule has 1 aliphatic heterocycles. The van der Waals surface area contributed by atoms with Crippen molar-refractivity contribution >= 4 is 22.8 Å². The van der Waals surface area contributed by atoms with E-state index in [1.807, 2.05) is 36.4 Å². The summed E-state index contributed by atoms with van der Waals surface area (Å²) in [5, 5.41) is 0.811. The minimum atomic E-state index is -4.94. The van der Waals surface area contributed by atoms with Crippen molar-refractivity contribution < 1.29 is 33.5 Å². The Bertz CT molecular complexity index is 469. The first-order chi connectivity index (χ1) is 9.86. The molecule has 0 saturated carbocycles. The normalized spacial score (nSPS) is 16.0. The average Bonchev–Trinajstić information content (AvgIpc) is 2.45. The van der Waals surface area contributed by atoms with Gasteiger partial charge in [-0.2, -0.15) is 0 Å². The Labute approximate surface area is 131 Å². The minimum Gasteiger partial charge on any atom is -0.236 e. The summed E-state index contributed by atoms with van der Waals surface area (Å²) in [6.45, 7) is 2.32. The number of halogens is 2. The number of allylic oxidation sites excluding steroid dienone is 1. The average molecular weight is 334 g/mol. The molecule has 0 radical (unpaired) electrons. The first-order valence-corrected chi connectivity index (χ1v) is 8.09. The number of hydrogen-bond acceptors (Lipinski definition) is 4. The lowest BCUT2D eigenvalue weighted by Crippen LogP contribution is -2.68. The first-order valence-electron chi connectivity index (χ1n) is 6.48. The van der Waals surface area contributed by atoms with Crippen LogP contribution in [0.1, 0.15) is 24.8 Å². The molecule has 1 heterocycles. The Morgan fingerprint density at radius 2 is 1.52 bits per heavy atom. The van der Waals surface area contributed by atoms with Crippen LogP contribution < -0.4 is 18.6 Å². The number of hydrogen-bond donors (Lipinski definition) is 0. The van der Waals surface area contributed by atoms with Gasteiger partial charge >= 0.3 is 0 Å². The van der Waals surface area contributed by atoms with Crippen LogP contribution in [0, 0.1) is 10.2 Å². The Morgan fingerprint density at radius 3 is 2.05 bits per heavy atom. The van der Waals surface area contributed by atoms with Gasteiger partial charge in [0.15, 0.2) is 6.21 Å². The number of nitrogens with zero attached hydrogens (tertiary/aromatic N) is 1. The zero-order valence-electron chi connectivity index (χ0n) is 11.4. The summed E-state index contributed by atoms with van der Waals surface area (Å²) in [5.41, 5.74) is 1.08. The second kappa shape index (κ2) is 9.15. The maximum atomic E-state index is 8.49. The molecule has 5 nitrogen and oxygen atoms in total. The number of benzene rings is 1. The van der Waals surface area contributed by atoms with Crippen molar-refractivity contribution in [1.82, 2.24) is 0 Å². The van der Waals surface area contributed by atoms with Crippen LogP contribution in [0.15, 0.2) is 36.4 Å². The highest BCUT2D eigenvalue weighted by atomic mass is 35.7. The first kappa shape index (κ1) is 18.1. The van der Waals surface area contributed by atoms with Gasteiger partial charge in [-0.15, -0.1) is 10.2 Å². The van der Waals surface area contributed by atoms with Gasteiger partial charge in [0.05, 0.1) is 5.03 Å². The molecule has 7 heteroatoms. The van der Waals surface area contributed by atoms with Gasteiger partial charge < -0.3 is 0 Å². The molecule has 0 bridgehead atoms. The molecule has 0 aliphatic carbocycles. The molecule has 1 saturated heterocycles. The number of rotatable bonds is 2. The summed E-state index contributed by atoms with van der Waals surface area (Å²) in [7, 11) is -4.94. The van der Waals surface area contributed by atoms with Crippen molar-refractivity contribution in [2.45, 2.75) is 19.3 Å². The fraction of sp³-hybridized carbons (Fsp3) is 0.357. The van der Waals surface area contributed by atoms with Crippen molar-refractivity contribution in [3.63, 3.8) is 0 Å².